The van der Waals surface area contributed by atoms with Crippen molar-refractivity contribution in [2.24, 2.45) is 0 Å². The predicted molar refractivity (Wildman–Crippen MR) is 85.3 cm³/mol. The number of rotatable bonds is 5. The third-order valence-corrected chi connectivity index (χ3v) is 3.68. The summed E-state index contributed by atoms with van der Waals surface area (Å²) in [4.78, 5) is 16.2. The summed E-state index contributed by atoms with van der Waals surface area (Å²) in [6.07, 6.45) is 5.08. The zero-order chi connectivity index (χ0) is 16.1. The van der Waals surface area contributed by atoms with Crippen LogP contribution in [0.3, 0.4) is 0 Å². The lowest BCUT2D eigenvalue weighted by Crippen LogP contribution is -2.16. The second-order valence-corrected chi connectivity index (χ2v) is 5.49. The molecule has 3 rings (SSSR count). The zero-order valence-corrected chi connectivity index (χ0v) is 13.2. The fourth-order valence-electron chi connectivity index (χ4n) is 2.30. The lowest BCUT2D eigenvalue weighted by molar-refractivity contribution is 0.0499. The van der Waals surface area contributed by atoms with Gasteiger partial charge in [0.15, 0.2) is 11.5 Å². The molecule has 0 saturated heterocycles. The van der Waals surface area contributed by atoms with Gasteiger partial charge in [0.25, 0.3) is 0 Å². The molecule has 1 aromatic heterocycles. The van der Waals surface area contributed by atoms with E-state index in [0.29, 0.717) is 41.9 Å². The standard InChI is InChI=1S/C17H16ClNO4/c18-14-9-13(10-15-16(14)22-8-7-21-15)17(20)23-6-2-4-12-3-1-5-19-11-12/h1,3,5,9-11H,2,4,6-8H2. The number of nitrogens with zero attached hydrogens (tertiary/aromatic N) is 1. The van der Waals surface area contributed by atoms with E-state index in [1.54, 1.807) is 18.3 Å². The first kappa shape index (κ1) is 15.6. The third kappa shape index (κ3) is 3.93. The molecular formula is C17H16ClNO4. The first-order valence-electron chi connectivity index (χ1n) is 7.39. The highest BCUT2D eigenvalue weighted by Crippen LogP contribution is 2.38. The molecule has 120 valence electrons. The third-order valence-electron chi connectivity index (χ3n) is 3.40. The Morgan fingerprint density at radius 3 is 3.00 bits per heavy atom. The van der Waals surface area contributed by atoms with Gasteiger partial charge in [-0.15, -0.1) is 0 Å². The molecule has 1 aliphatic rings. The molecule has 0 radical (unpaired) electrons. The van der Waals surface area contributed by atoms with E-state index in [9.17, 15) is 4.79 Å². The van der Waals surface area contributed by atoms with Gasteiger partial charge in [-0.2, -0.15) is 0 Å². The zero-order valence-electron chi connectivity index (χ0n) is 12.5. The van der Waals surface area contributed by atoms with E-state index < -0.39 is 5.97 Å². The van der Waals surface area contributed by atoms with Gasteiger partial charge in [-0.25, -0.2) is 4.79 Å². The molecule has 0 fully saturated rings. The Morgan fingerprint density at radius 1 is 1.30 bits per heavy atom. The summed E-state index contributed by atoms with van der Waals surface area (Å²) in [5.41, 5.74) is 1.48. The van der Waals surface area contributed by atoms with Crippen molar-refractivity contribution in [3.05, 3.63) is 52.8 Å². The van der Waals surface area contributed by atoms with E-state index in [1.807, 2.05) is 18.3 Å². The van der Waals surface area contributed by atoms with Crippen LogP contribution in [0, 0.1) is 0 Å². The molecule has 0 spiro atoms. The summed E-state index contributed by atoms with van der Waals surface area (Å²) >= 11 is 6.11. The van der Waals surface area contributed by atoms with Gasteiger partial charge in [0.2, 0.25) is 0 Å². The Hall–Kier alpha value is -2.27. The number of hydrogen-bond donors (Lipinski definition) is 0. The first-order valence-corrected chi connectivity index (χ1v) is 7.77. The molecule has 0 aliphatic carbocycles. The molecule has 0 N–H and O–H groups in total. The van der Waals surface area contributed by atoms with Gasteiger partial charge in [0, 0.05) is 12.4 Å². The average molecular weight is 334 g/mol. The van der Waals surface area contributed by atoms with Crippen molar-refractivity contribution in [1.82, 2.24) is 4.98 Å². The highest BCUT2D eigenvalue weighted by Gasteiger charge is 2.19. The normalized spacial score (nSPS) is 12.7. The quantitative estimate of drug-likeness (QED) is 0.620. The van der Waals surface area contributed by atoms with E-state index in [2.05, 4.69) is 4.98 Å². The fraction of sp³-hybridized carbons (Fsp3) is 0.294. The topological polar surface area (TPSA) is 57.7 Å². The summed E-state index contributed by atoms with van der Waals surface area (Å²) in [6, 6.07) is 7.02. The summed E-state index contributed by atoms with van der Waals surface area (Å²) in [5, 5.41) is 0.351. The molecule has 0 saturated carbocycles. The van der Waals surface area contributed by atoms with Gasteiger partial charge < -0.3 is 14.2 Å². The van der Waals surface area contributed by atoms with Gasteiger partial charge in [-0.05, 0) is 36.6 Å². The van der Waals surface area contributed by atoms with Crippen molar-refractivity contribution in [2.45, 2.75) is 12.8 Å². The van der Waals surface area contributed by atoms with Crippen molar-refractivity contribution in [1.29, 1.82) is 0 Å². The van der Waals surface area contributed by atoms with Crippen molar-refractivity contribution >= 4 is 17.6 Å². The van der Waals surface area contributed by atoms with Crippen LogP contribution in [0.4, 0.5) is 0 Å². The molecule has 23 heavy (non-hydrogen) atoms. The second kappa shape index (κ2) is 7.33. The summed E-state index contributed by atoms with van der Waals surface area (Å²) in [5.74, 6) is 0.534. The lowest BCUT2D eigenvalue weighted by Gasteiger charge is -2.20. The molecule has 0 amide bonds. The molecule has 0 unspecified atom stereocenters. The predicted octanol–water partition coefficient (Wildman–Crippen LogP) is 3.30. The molecule has 6 heteroatoms. The van der Waals surface area contributed by atoms with E-state index >= 15 is 0 Å². The molecule has 2 heterocycles. The van der Waals surface area contributed by atoms with Gasteiger partial charge in [0.05, 0.1) is 17.2 Å². The number of aromatic nitrogens is 1. The molecule has 2 aromatic rings. The first-order chi connectivity index (χ1) is 11.2. The van der Waals surface area contributed by atoms with E-state index in [4.69, 9.17) is 25.8 Å². The number of esters is 1. The lowest BCUT2D eigenvalue weighted by atomic mass is 10.1. The number of carbonyl (C=O) groups excluding carboxylic acids is 1. The number of ether oxygens (including phenoxy) is 3. The molecule has 0 bridgehead atoms. The highest BCUT2D eigenvalue weighted by molar-refractivity contribution is 6.32. The Kier molecular flexibility index (Phi) is 4.98. The van der Waals surface area contributed by atoms with Crippen LogP contribution in [0.2, 0.25) is 5.02 Å². The maximum atomic E-state index is 12.1. The van der Waals surface area contributed by atoms with Crippen molar-refractivity contribution in [3.63, 3.8) is 0 Å². The van der Waals surface area contributed by atoms with Crippen LogP contribution in [0.1, 0.15) is 22.3 Å². The Labute approximate surface area is 139 Å². The van der Waals surface area contributed by atoms with Crippen LogP contribution in [0.15, 0.2) is 36.7 Å². The van der Waals surface area contributed by atoms with Crippen molar-refractivity contribution in [3.8, 4) is 11.5 Å². The molecule has 0 atom stereocenters. The minimum Gasteiger partial charge on any atom is -0.486 e. The number of hydrogen-bond acceptors (Lipinski definition) is 5. The smallest absolute Gasteiger partial charge is 0.338 e. The number of aryl methyl sites for hydroxylation is 1. The second-order valence-electron chi connectivity index (χ2n) is 5.08. The van der Waals surface area contributed by atoms with Crippen LogP contribution < -0.4 is 9.47 Å². The maximum absolute atomic E-state index is 12.1. The van der Waals surface area contributed by atoms with E-state index in [0.717, 1.165) is 18.4 Å². The van der Waals surface area contributed by atoms with Crippen LogP contribution in [-0.2, 0) is 11.2 Å². The summed E-state index contributed by atoms with van der Waals surface area (Å²) in [6.45, 7) is 1.22. The number of pyridine rings is 1. The molecule has 1 aliphatic heterocycles. The Bertz CT molecular complexity index is 690. The fourth-order valence-corrected chi connectivity index (χ4v) is 2.56. The number of benzene rings is 1. The van der Waals surface area contributed by atoms with Gasteiger partial charge in [-0.3, -0.25) is 4.98 Å². The SMILES string of the molecule is O=C(OCCCc1cccnc1)c1cc(Cl)c2c(c1)OCCO2. The van der Waals surface area contributed by atoms with Gasteiger partial charge in [0.1, 0.15) is 13.2 Å². The highest BCUT2D eigenvalue weighted by atomic mass is 35.5. The monoisotopic (exact) mass is 333 g/mol. The number of fused-ring (bicyclic) bond motifs is 1. The minimum absolute atomic E-state index is 0.333. The van der Waals surface area contributed by atoms with E-state index in [1.165, 1.54) is 0 Å². The summed E-state index contributed by atoms with van der Waals surface area (Å²) < 4.78 is 16.2. The maximum Gasteiger partial charge on any atom is 0.338 e. The van der Waals surface area contributed by atoms with Gasteiger partial charge in [-0.1, -0.05) is 17.7 Å². The van der Waals surface area contributed by atoms with Gasteiger partial charge >= 0.3 is 5.97 Å². The van der Waals surface area contributed by atoms with Crippen molar-refractivity contribution < 1.29 is 19.0 Å². The average Bonchev–Trinajstić information content (AvgIpc) is 2.59. The number of carbonyl (C=O) groups is 1. The molecule has 5 nitrogen and oxygen atoms in total. The minimum atomic E-state index is -0.421. The molecule has 1 aromatic carbocycles. The molecular weight excluding hydrogens is 318 g/mol. The van der Waals surface area contributed by atoms with Crippen LogP contribution >= 0.6 is 11.6 Å². The summed E-state index contributed by atoms with van der Waals surface area (Å²) in [7, 11) is 0. The van der Waals surface area contributed by atoms with Crippen LogP contribution in [0.25, 0.3) is 0 Å². The van der Waals surface area contributed by atoms with Crippen molar-refractivity contribution in [2.75, 3.05) is 19.8 Å². The Balaban J connectivity index is 1.55. The van der Waals surface area contributed by atoms with Crippen LogP contribution in [0.5, 0.6) is 11.5 Å². The Morgan fingerprint density at radius 2 is 2.17 bits per heavy atom. The largest absolute Gasteiger partial charge is 0.486 e. The van der Waals surface area contributed by atoms with E-state index in [-0.39, 0.29) is 0 Å². The van der Waals surface area contributed by atoms with Crippen LogP contribution in [-0.4, -0.2) is 30.8 Å². The number of halogens is 1.